The van der Waals surface area contributed by atoms with Crippen molar-refractivity contribution in [3.05, 3.63) is 24.3 Å². The van der Waals surface area contributed by atoms with E-state index >= 15 is 0 Å². The molecule has 0 aliphatic carbocycles. The number of carbonyl (C=O) groups is 1. The predicted molar refractivity (Wildman–Crippen MR) is 315 cm³/mol. The predicted octanol–water partition coefficient (Wildman–Crippen LogP) is 20.8. The maximum Gasteiger partial charge on any atom is 0.220 e. The fraction of sp³-hybridized carbons (Fsp3) is 0.924. The van der Waals surface area contributed by atoms with Crippen molar-refractivity contribution in [3.63, 3.8) is 0 Å². The van der Waals surface area contributed by atoms with Gasteiger partial charge in [0.05, 0.1) is 18.8 Å². The van der Waals surface area contributed by atoms with Crippen molar-refractivity contribution in [2.75, 3.05) is 6.61 Å². The maximum absolute atomic E-state index is 12.5. The zero-order chi connectivity index (χ0) is 51.4. The molecule has 5 nitrogen and oxygen atoms in total. The van der Waals surface area contributed by atoms with Gasteiger partial charge in [0.1, 0.15) is 6.10 Å². The van der Waals surface area contributed by atoms with Gasteiger partial charge in [0, 0.05) is 6.42 Å². The molecule has 0 aromatic rings. The Labute approximate surface area is 445 Å². The van der Waals surface area contributed by atoms with Gasteiger partial charge in [-0.25, -0.2) is 0 Å². The molecule has 3 unspecified atom stereocenters. The molecule has 0 rings (SSSR count). The molecule has 0 fully saturated rings. The van der Waals surface area contributed by atoms with Crippen LogP contribution in [0.1, 0.15) is 367 Å². The van der Waals surface area contributed by atoms with Crippen LogP contribution >= 0.6 is 0 Å². The molecule has 1 amide bonds. The Morgan fingerprint density at radius 3 is 0.859 bits per heavy atom. The summed E-state index contributed by atoms with van der Waals surface area (Å²) in [6, 6.07) is -0.831. The molecule has 0 bridgehead atoms. The molecule has 0 saturated heterocycles. The van der Waals surface area contributed by atoms with Crippen LogP contribution in [0.2, 0.25) is 0 Å². The van der Waals surface area contributed by atoms with Gasteiger partial charge in [0.15, 0.2) is 0 Å². The minimum absolute atomic E-state index is 0.151. The molecular formula is C66H129NO4. The van der Waals surface area contributed by atoms with Crippen LogP contribution in [0.3, 0.4) is 0 Å². The van der Waals surface area contributed by atoms with Gasteiger partial charge in [-0.1, -0.05) is 334 Å². The first kappa shape index (κ1) is 69.8. The van der Waals surface area contributed by atoms with Gasteiger partial charge in [0.2, 0.25) is 5.91 Å². The lowest BCUT2D eigenvalue weighted by Crippen LogP contribution is -2.50. The highest BCUT2D eigenvalue weighted by atomic mass is 16.3. The molecular weight excluding hydrogens is 871 g/mol. The van der Waals surface area contributed by atoms with E-state index in [1.54, 1.807) is 0 Å². The number of amides is 1. The van der Waals surface area contributed by atoms with Crippen LogP contribution in [0.5, 0.6) is 0 Å². The standard InChI is InChI=1S/C66H129NO4/c1-3-5-7-9-11-13-15-17-19-21-23-25-26-27-28-29-30-31-32-33-34-35-36-37-38-39-40-41-43-45-47-49-51-53-55-57-59-61-65(70)67-63(62-68)66(71)64(69)60-58-56-54-52-50-48-46-44-42-24-22-20-18-16-14-12-10-8-6-4-2/h44,46,52,54,63-64,66,68-69,71H,3-43,45,47-51,53,55-62H2,1-2H3,(H,67,70)/b46-44+,54-52+. The average molecular weight is 1000 g/mol. The lowest BCUT2D eigenvalue weighted by molar-refractivity contribution is -0.124. The Bertz CT molecular complexity index is 1060. The second-order valence-corrected chi connectivity index (χ2v) is 22.7. The lowest BCUT2D eigenvalue weighted by atomic mass is 10.0. The monoisotopic (exact) mass is 1000 g/mol. The molecule has 422 valence electrons. The lowest BCUT2D eigenvalue weighted by Gasteiger charge is -2.26. The molecule has 0 spiro atoms. The summed E-state index contributed by atoms with van der Waals surface area (Å²) in [4.78, 5) is 12.5. The molecule has 0 heterocycles. The van der Waals surface area contributed by atoms with Gasteiger partial charge in [-0.05, 0) is 51.4 Å². The number of hydrogen-bond acceptors (Lipinski definition) is 4. The number of carbonyl (C=O) groups excluding carboxylic acids is 1. The Hall–Kier alpha value is -1.17. The SMILES string of the molecule is CCCCCCCCCCCCC/C=C/CC/C=C/CCCC(O)C(O)C(CO)NC(=O)CCCCCCCCCCCCCCCCCCCCCCCCCCCCCCCCCCCCCCC. The van der Waals surface area contributed by atoms with Crippen molar-refractivity contribution in [2.24, 2.45) is 0 Å². The van der Waals surface area contributed by atoms with E-state index in [0.29, 0.717) is 12.8 Å². The van der Waals surface area contributed by atoms with E-state index in [9.17, 15) is 20.1 Å². The van der Waals surface area contributed by atoms with Crippen LogP contribution in [-0.2, 0) is 4.79 Å². The molecule has 0 radical (unpaired) electrons. The molecule has 0 aliphatic heterocycles. The van der Waals surface area contributed by atoms with Gasteiger partial charge in [-0.15, -0.1) is 0 Å². The van der Waals surface area contributed by atoms with E-state index in [-0.39, 0.29) is 12.5 Å². The largest absolute Gasteiger partial charge is 0.394 e. The third-order valence-corrected chi connectivity index (χ3v) is 15.5. The van der Waals surface area contributed by atoms with Crippen molar-refractivity contribution in [2.45, 2.75) is 385 Å². The van der Waals surface area contributed by atoms with Crippen LogP contribution in [0, 0.1) is 0 Å². The molecule has 0 aromatic carbocycles. The zero-order valence-corrected chi connectivity index (χ0v) is 48.4. The number of hydrogen-bond donors (Lipinski definition) is 4. The fourth-order valence-electron chi connectivity index (χ4n) is 10.5. The summed E-state index contributed by atoms with van der Waals surface area (Å²) in [5.74, 6) is -0.151. The van der Waals surface area contributed by atoms with Crippen LogP contribution in [0.15, 0.2) is 24.3 Å². The van der Waals surface area contributed by atoms with Gasteiger partial charge >= 0.3 is 0 Å². The number of allylic oxidation sites excluding steroid dienone is 4. The van der Waals surface area contributed by atoms with Crippen molar-refractivity contribution in [3.8, 4) is 0 Å². The molecule has 0 aromatic heterocycles. The zero-order valence-electron chi connectivity index (χ0n) is 48.4. The number of unbranched alkanes of at least 4 members (excludes halogenated alkanes) is 49. The van der Waals surface area contributed by atoms with Crippen molar-refractivity contribution < 1.29 is 20.1 Å². The molecule has 4 N–H and O–H groups in total. The maximum atomic E-state index is 12.5. The number of aliphatic hydroxyl groups excluding tert-OH is 3. The van der Waals surface area contributed by atoms with E-state index in [0.717, 1.165) is 44.9 Å². The second-order valence-electron chi connectivity index (χ2n) is 22.7. The average Bonchev–Trinajstić information content (AvgIpc) is 3.37. The molecule has 5 heteroatoms. The normalized spacial score (nSPS) is 13.3. The molecule has 0 aliphatic rings. The Kier molecular flexibility index (Phi) is 60.4. The Morgan fingerprint density at radius 1 is 0.338 bits per heavy atom. The molecule has 71 heavy (non-hydrogen) atoms. The van der Waals surface area contributed by atoms with E-state index in [1.807, 2.05) is 0 Å². The van der Waals surface area contributed by atoms with Crippen molar-refractivity contribution in [1.82, 2.24) is 5.32 Å². The summed E-state index contributed by atoms with van der Waals surface area (Å²) < 4.78 is 0. The van der Waals surface area contributed by atoms with Crippen LogP contribution in [0.4, 0.5) is 0 Å². The third kappa shape index (κ3) is 56.4. The summed E-state index contributed by atoms with van der Waals surface area (Å²) in [5, 5.41) is 33.8. The van der Waals surface area contributed by atoms with Gasteiger partial charge in [-0.3, -0.25) is 4.79 Å². The molecule has 3 atom stereocenters. The van der Waals surface area contributed by atoms with Gasteiger partial charge < -0.3 is 20.6 Å². The summed E-state index contributed by atoms with van der Waals surface area (Å²) in [6.45, 7) is 4.21. The van der Waals surface area contributed by atoms with Crippen LogP contribution < -0.4 is 5.32 Å². The van der Waals surface area contributed by atoms with Crippen molar-refractivity contribution >= 4 is 5.91 Å². The van der Waals surface area contributed by atoms with Crippen LogP contribution in [0.25, 0.3) is 0 Å². The highest BCUT2D eigenvalue weighted by Crippen LogP contribution is 2.19. The number of nitrogens with one attached hydrogen (secondary N) is 1. The highest BCUT2D eigenvalue weighted by Gasteiger charge is 2.26. The molecule has 0 saturated carbocycles. The van der Waals surface area contributed by atoms with E-state index in [4.69, 9.17) is 0 Å². The van der Waals surface area contributed by atoms with E-state index in [2.05, 4.69) is 43.5 Å². The fourth-order valence-corrected chi connectivity index (χ4v) is 10.5. The van der Waals surface area contributed by atoms with Crippen molar-refractivity contribution in [1.29, 1.82) is 0 Å². The first-order chi connectivity index (χ1) is 35.1. The summed E-state index contributed by atoms with van der Waals surface area (Å²) in [6.07, 6.45) is 79.6. The highest BCUT2D eigenvalue weighted by molar-refractivity contribution is 5.76. The third-order valence-electron chi connectivity index (χ3n) is 15.5. The number of rotatable bonds is 61. The van der Waals surface area contributed by atoms with E-state index < -0.39 is 18.2 Å². The first-order valence-corrected chi connectivity index (χ1v) is 32.6. The minimum atomic E-state index is -1.17. The summed E-state index contributed by atoms with van der Waals surface area (Å²) in [5.41, 5.74) is 0. The minimum Gasteiger partial charge on any atom is -0.394 e. The topological polar surface area (TPSA) is 89.8 Å². The quantitative estimate of drug-likeness (QED) is 0.0361. The first-order valence-electron chi connectivity index (χ1n) is 32.6. The van der Waals surface area contributed by atoms with Gasteiger partial charge in [0.25, 0.3) is 0 Å². The van der Waals surface area contributed by atoms with Crippen LogP contribution in [-0.4, -0.2) is 46.1 Å². The summed E-state index contributed by atoms with van der Waals surface area (Å²) >= 11 is 0. The Balaban J connectivity index is 3.46. The second kappa shape index (κ2) is 61.4. The summed E-state index contributed by atoms with van der Waals surface area (Å²) in [7, 11) is 0. The smallest absolute Gasteiger partial charge is 0.220 e. The van der Waals surface area contributed by atoms with E-state index in [1.165, 1.54) is 295 Å². The number of aliphatic hydroxyl groups is 3. The van der Waals surface area contributed by atoms with Gasteiger partial charge in [-0.2, -0.15) is 0 Å². The Morgan fingerprint density at radius 2 is 0.577 bits per heavy atom.